The topological polar surface area (TPSA) is 20.2 Å². The quantitative estimate of drug-likeness (QED) is 0.574. The summed E-state index contributed by atoms with van der Waals surface area (Å²) in [7, 11) is 0. The second-order valence-electron chi connectivity index (χ2n) is 10.7. The van der Waals surface area contributed by atoms with Gasteiger partial charge >= 0.3 is 0 Å². The fraction of sp³-hybridized carbons (Fsp3) is 0.769. The molecule has 6 atom stereocenters. The van der Waals surface area contributed by atoms with Crippen LogP contribution >= 0.6 is 0 Å². The molecule has 3 rings (SSSR count). The lowest BCUT2D eigenvalue weighted by atomic mass is 9.65. The van der Waals surface area contributed by atoms with Crippen molar-refractivity contribution in [3.05, 3.63) is 29.3 Å². The van der Waals surface area contributed by atoms with Gasteiger partial charge in [-0.3, -0.25) is 0 Å². The first kappa shape index (κ1) is 20.7. The van der Waals surface area contributed by atoms with Crippen molar-refractivity contribution in [3.63, 3.8) is 0 Å². The van der Waals surface area contributed by atoms with Gasteiger partial charge in [-0.2, -0.15) is 0 Å². The number of phenolic OH excluding ortho intramolecular Hbond substituents is 1. The van der Waals surface area contributed by atoms with Crippen molar-refractivity contribution in [2.75, 3.05) is 0 Å². The van der Waals surface area contributed by atoms with Crippen molar-refractivity contribution in [2.45, 2.75) is 91.9 Å². The summed E-state index contributed by atoms with van der Waals surface area (Å²) in [4.78, 5) is 0. The first-order chi connectivity index (χ1) is 12.8. The molecule has 0 amide bonds. The van der Waals surface area contributed by atoms with Crippen LogP contribution in [0.5, 0.6) is 5.75 Å². The van der Waals surface area contributed by atoms with E-state index >= 15 is 0 Å². The maximum atomic E-state index is 10.6. The highest BCUT2D eigenvalue weighted by Gasteiger charge is 2.35. The second kappa shape index (κ2) is 8.58. The lowest BCUT2D eigenvalue weighted by Crippen LogP contribution is -2.27. The largest absolute Gasteiger partial charge is 0.508 e. The number of phenols is 1. The van der Waals surface area contributed by atoms with Crippen LogP contribution in [0.2, 0.25) is 0 Å². The molecule has 1 nitrogen and oxygen atoms in total. The molecule has 2 aliphatic carbocycles. The molecule has 1 aromatic rings. The van der Waals surface area contributed by atoms with Crippen LogP contribution in [0.25, 0.3) is 0 Å². The lowest BCUT2D eigenvalue weighted by molar-refractivity contribution is 0.192. The van der Waals surface area contributed by atoms with Crippen LogP contribution < -0.4 is 0 Å². The van der Waals surface area contributed by atoms with Gasteiger partial charge in [-0.25, -0.2) is 0 Å². The number of hydrogen-bond acceptors (Lipinski definition) is 1. The van der Waals surface area contributed by atoms with Crippen molar-refractivity contribution in [1.29, 1.82) is 0 Å². The Morgan fingerprint density at radius 1 is 0.704 bits per heavy atom. The summed E-state index contributed by atoms with van der Waals surface area (Å²) in [6, 6.07) is 6.66. The van der Waals surface area contributed by atoms with Crippen LogP contribution in [0.1, 0.15) is 103 Å². The van der Waals surface area contributed by atoms with Gasteiger partial charge in [-0.15, -0.1) is 0 Å². The number of benzene rings is 1. The smallest absolute Gasteiger partial charge is 0.116 e. The van der Waals surface area contributed by atoms with E-state index in [1.54, 1.807) is 0 Å². The molecule has 1 N–H and O–H groups in total. The van der Waals surface area contributed by atoms with Crippen LogP contribution in [0, 0.1) is 35.5 Å². The van der Waals surface area contributed by atoms with Gasteiger partial charge in [-0.1, -0.05) is 60.5 Å². The van der Waals surface area contributed by atoms with Crippen molar-refractivity contribution in [3.8, 4) is 5.75 Å². The van der Waals surface area contributed by atoms with Crippen molar-refractivity contribution >= 4 is 0 Å². The molecule has 2 fully saturated rings. The third-order valence-corrected chi connectivity index (χ3v) is 7.86. The molecule has 0 heterocycles. The van der Waals surface area contributed by atoms with Crippen LogP contribution in [-0.2, 0) is 0 Å². The molecule has 1 aromatic carbocycles. The molecule has 0 aromatic heterocycles. The summed E-state index contributed by atoms with van der Waals surface area (Å²) < 4.78 is 0. The van der Waals surface area contributed by atoms with Gasteiger partial charge in [0.2, 0.25) is 0 Å². The van der Waals surface area contributed by atoms with Gasteiger partial charge in [-0.05, 0) is 96.3 Å². The van der Waals surface area contributed by atoms with Crippen molar-refractivity contribution in [1.82, 2.24) is 0 Å². The monoisotopic (exact) mass is 370 g/mol. The van der Waals surface area contributed by atoms with Crippen LogP contribution in [0.3, 0.4) is 0 Å². The highest BCUT2D eigenvalue weighted by molar-refractivity contribution is 5.38. The van der Waals surface area contributed by atoms with Gasteiger partial charge in [0.25, 0.3) is 0 Å². The summed E-state index contributed by atoms with van der Waals surface area (Å²) in [5, 5.41) is 10.6. The Hall–Kier alpha value is -0.980. The molecule has 1 heteroatoms. The number of hydrogen-bond donors (Lipinski definition) is 1. The molecule has 0 bridgehead atoms. The molecule has 0 spiro atoms. The first-order valence-corrected chi connectivity index (χ1v) is 11.6. The lowest BCUT2D eigenvalue weighted by Gasteiger charge is -2.40. The van der Waals surface area contributed by atoms with E-state index in [4.69, 9.17) is 0 Å². The van der Waals surface area contributed by atoms with E-state index < -0.39 is 0 Å². The molecule has 0 aliphatic heterocycles. The third kappa shape index (κ3) is 4.72. The predicted octanol–water partition coefficient (Wildman–Crippen LogP) is 7.74. The summed E-state index contributed by atoms with van der Waals surface area (Å²) >= 11 is 0. The first-order valence-electron chi connectivity index (χ1n) is 11.6. The minimum Gasteiger partial charge on any atom is -0.508 e. The van der Waals surface area contributed by atoms with Crippen LogP contribution in [-0.4, -0.2) is 5.11 Å². The molecule has 2 aliphatic rings. The molecule has 152 valence electrons. The number of rotatable bonds is 4. The van der Waals surface area contributed by atoms with Gasteiger partial charge in [0, 0.05) is 0 Å². The average Bonchev–Trinajstić information content (AvgIpc) is 2.60. The van der Waals surface area contributed by atoms with Gasteiger partial charge in [0.1, 0.15) is 5.75 Å². The van der Waals surface area contributed by atoms with Crippen LogP contribution in [0.15, 0.2) is 18.2 Å². The van der Waals surface area contributed by atoms with E-state index in [1.807, 2.05) is 0 Å². The zero-order chi connectivity index (χ0) is 19.7. The number of aromatic hydroxyl groups is 1. The van der Waals surface area contributed by atoms with E-state index in [2.05, 4.69) is 59.7 Å². The molecule has 2 saturated carbocycles. The maximum absolute atomic E-state index is 10.6. The zero-order valence-electron chi connectivity index (χ0n) is 18.5. The van der Waals surface area contributed by atoms with E-state index in [1.165, 1.54) is 49.7 Å². The Kier molecular flexibility index (Phi) is 6.59. The normalized spacial score (nSPS) is 35.0. The minimum atomic E-state index is 0.490. The minimum absolute atomic E-state index is 0.490. The molecule has 0 radical (unpaired) electrons. The predicted molar refractivity (Wildman–Crippen MR) is 116 cm³/mol. The van der Waals surface area contributed by atoms with E-state index in [0.717, 1.165) is 23.7 Å². The zero-order valence-corrected chi connectivity index (χ0v) is 18.5. The Morgan fingerprint density at radius 2 is 1.11 bits per heavy atom. The Balaban J connectivity index is 1.95. The van der Waals surface area contributed by atoms with E-state index in [9.17, 15) is 5.11 Å². The third-order valence-electron chi connectivity index (χ3n) is 7.86. The highest BCUT2D eigenvalue weighted by Crippen LogP contribution is 2.48. The summed E-state index contributed by atoms with van der Waals surface area (Å²) in [5.41, 5.74) is 2.83. The van der Waals surface area contributed by atoms with Gasteiger partial charge in [0.15, 0.2) is 0 Å². The van der Waals surface area contributed by atoms with E-state index in [0.29, 0.717) is 29.4 Å². The SMILES string of the molecule is CC1CCC(C(C)C)C(c2cc(O)cc(C3CC(C)CCC3C(C)C)c2)C1. The van der Waals surface area contributed by atoms with Crippen molar-refractivity contribution < 1.29 is 5.11 Å². The Labute approximate surface area is 168 Å². The van der Waals surface area contributed by atoms with E-state index in [-0.39, 0.29) is 0 Å². The molecular weight excluding hydrogens is 328 g/mol. The van der Waals surface area contributed by atoms with Crippen molar-refractivity contribution in [2.24, 2.45) is 35.5 Å². The second-order valence-corrected chi connectivity index (χ2v) is 10.7. The highest BCUT2D eigenvalue weighted by atomic mass is 16.3. The average molecular weight is 371 g/mol. The Bertz CT molecular complexity index is 566. The fourth-order valence-corrected chi connectivity index (χ4v) is 6.26. The molecular formula is C26H42O. The molecule has 6 unspecified atom stereocenters. The fourth-order valence-electron chi connectivity index (χ4n) is 6.26. The van der Waals surface area contributed by atoms with Crippen LogP contribution in [0.4, 0.5) is 0 Å². The maximum Gasteiger partial charge on any atom is 0.116 e. The van der Waals surface area contributed by atoms with Gasteiger partial charge in [0.05, 0.1) is 0 Å². The molecule has 0 saturated heterocycles. The van der Waals surface area contributed by atoms with Gasteiger partial charge < -0.3 is 5.11 Å². The Morgan fingerprint density at radius 3 is 1.48 bits per heavy atom. The molecule has 27 heavy (non-hydrogen) atoms. The summed E-state index contributed by atoms with van der Waals surface area (Å²) in [6.45, 7) is 14.4. The summed E-state index contributed by atoms with van der Waals surface area (Å²) in [6.07, 6.45) is 7.95. The summed E-state index contributed by atoms with van der Waals surface area (Å²) in [5.74, 6) is 6.24. The standard InChI is InChI=1S/C26H42O/c1-16(2)23-9-7-18(5)11-25(23)20-13-21(15-22(27)14-20)26-12-19(6)8-10-24(26)17(3)4/h13-19,23-27H,7-12H2,1-6H3.